The van der Waals surface area contributed by atoms with E-state index >= 15 is 0 Å². The van der Waals surface area contributed by atoms with E-state index in [2.05, 4.69) is 18.5 Å². The average molecular weight is 690 g/mol. The van der Waals surface area contributed by atoms with Crippen LogP contribution in [0.15, 0.2) is 98.1 Å². The van der Waals surface area contributed by atoms with E-state index in [1.165, 1.54) is 12.2 Å². The summed E-state index contributed by atoms with van der Waals surface area (Å²) in [7, 11) is 0. The molecule has 0 spiro atoms. The number of esters is 3. The Balaban J connectivity index is 1.41. The molecule has 1 amide bonds. The lowest BCUT2D eigenvalue weighted by molar-refractivity contribution is -0.138. The highest BCUT2D eigenvalue weighted by atomic mass is 19.1. The molecule has 0 aromatic heterocycles. The van der Waals surface area contributed by atoms with Gasteiger partial charge in [0.05, 0.1) is 26.4 Å². The van der Waals surface area contributed by atoms with Gasteiger partial charge in [-0.15, -0.1) is 0 Å². The summed E-state index contributed by atoms with van der Waals surface area (Å²) in [4.78, 5) is 46.6. The zero-order valence-corrected chi connectivity index (χ0v) is 27.2. The van der Waals surface area contributed by atoms with E-state index in [9.17, 15) is 28.0 Å². The summed E-state index contributed by atoms with van der Waals surface area (Å²) in [5, 5.41) is 2.15. The molecule has 0 aliphatic carbocycles. The second kappa shape index (κ2) is 21.0. The number of hydrogen-bond donors (Lipinski definition) is 1. The first-order valence-corrected chi connectivity index (χ1v) is 15.6. The molecule has 0 saturated carbocycles. The molecule has 0 aliphatic heterocycles. The molecule has 0 aliphatic rings. The van der Waals surface area contributed by atoms with Gasteiger partial charge in [-0.3, -0.25) is 4.79 Å². The summed E-state index contributed by atoms with van der Waals surface area (Å²) < 4.78 is 55.4. The summed E-state index contributed by atoms with van der Waals surface area (Å²) in [6.45, 7) is 8.05. The van der Waals surface area contributed by atoms with Gasteiger partial charge in [-0.1, -0.05) is 37.4 Å². The van der Waals surface area contributed by atoms with Crippen LogP contribution in [0.5, 0.6) is 17.2 Å². The van der Waals surface area contributed by atoms with E-state index in [0.29, 0.717) is 61.5 Å². The van der Waals surface area contributed by atoms with Crippen molar-refractivity contribution in [1.82, 2.24) is 0 Å². The summed E-state index contributed by atoms with van der Waals surface area (Å²) in [6, 6.07) is 15.2. The van der Waals surface area contributed by atoms with Crippen LogP contribution in [0.1, 0.15) is 36.8 Å². The van der Waals surface area contributed by atoms with E-state index in [1.807, 2.05) is 0 Å². The lowest BCUT2D eigenvalue weighted by atomic mass is 10.2. The molecule has 0 unspecified atom stereocenters. The molecule has 0 radical (unpaired) electrons. The minimum absolute atomic E-state index is 0.278. The summed E-state index contributed by atoms with van der Waals surface area (Å²) in [6.07, 6.45) is 9.97. The third-order valence-corrected chi connectivity index (χ3v) is 6.52. The normalized spacial score (nSPS) is 10.8. The van der Waals surface area contributed by atoms with Crippen molar-refractivity contribution < 1.29 is 51.6 Å². The number of rotatable bonds is 20. The number of carbonyl (C=O) groups excluding carboxylic acids is 4. The van der Waals surface area contributed by atoms with Crippen molar-refractivity contribution in [3.05, 3.63) is 121 Å². The molecule has 50 heavy (non-hydrogen) atoms. The van der Waals surface area contributed by atoms with Gasteiger partial charge in [0.25, 0.3) is 0 Å². The predicted molar refractivity (Wildman–Crippen MR) is 183 cm³/mol. The van der Waals surface area contributed by atoms with Crippen molar-refractivity contribution in [2.75, 3.05) is 31.7 Å². The number of ether oxygens (including phenoxy) is 5. The van der Waals surface area contributed by atoms with Gasteiger partial charge in [-0.2, -0.15) is 0 Å². The van der Waals surface area contributed by atoms with Crippen LogP contribution in [0.25, 0.3) is 12.2 Å². The molecule has 3 aromatic rings. The molecule has 0 fully saturated rings. The Morgan fingerprint density at radius 3 is 1.50 bits per heavy atom. The minimum atomic E-state index is -1.13. The van der Waals surface area contributed by atoms with E-state index in [0.717, 1.165) is 36.4 Å². The molecule has 0 heterocycles. The van der Waals surface area contributed by atoms with E-state index in [-0.39, 0.29) is 19.0 Å². The largest absolute Gasteiger partial charge is 0.494 e. The van der Waals surface area contributed by atoms with Crippen LogP contribution in [-0.2, 0) is 28.7 Å². The molecular weight excluding hydrogens is 652 g/mol. The Morgan fingerprint density at radius 2 is 1.04 bits per heavy atom. The van der Waals surface area contributed by atoms with Crippen molar-refractivity contribution in [3.63, 3.8) is 0 Å². The topological polar surface area (TPSA) is 126 Å². The average Bonchev–Trinajstić information content (AvgIpc) is 3.11. The Labute approximate surface area is 288 Å². The smallest absolute Gasteiger partial charge is 0.336 e. The van der Waals surface area contributed by atoms with Crippen molar-refractivity contribution >= 4 is 41.7 Å². The monoisotopic (exact) mass is 689 g/mol. The van der Waals surface area contributed by atoms with E-state index < -0.39 is 41.1 Å². The number of amides is 1. The number of hydrogen-bond acceptors (Lipinski definition) is 9. The molecule has 0 atom stereocenters. The Kier molecular flexibility index (Phi) is 16.2. The number of anilines is 1. The van der Waals surface area contributed by atoms with Crippen LogP contribution >= 0.6 is 0 Å². The fourth-order valence-corrected chi connectivity index (χ4v) is 3.98. The highest BCUT2D eigenvalue weighted by Crippen LogP contribution is 2.25. The molecule has 12 heteroatoms. The van der Waals surface area contributed by atoms with Gasteiger partial charge in [0.2, 0.25) is 5.91 Å². The third-order valence-electron chi connectivity index (χ3n) is 6.52. The van der Waals surface area contributed by atoms with Crippen LogP contribution < -0.4 is 19.5 Å². The third kappa shape index (κ3) is 14.4. The van der Waals surface area contributed by atoms with Crippen LogP contribution in [0.4, 0.5) is 14.5 Å². The maximum Gasteiger partial charge on any atom is 0.336 e. The van der Waals surface area contributed by atoms with Crippen molar-refractivity contribution in [2.45, 2.75) is 25.7 Å². The summed E-state index contributed by atoms with van der Waals surface area (Å²) in [5.74, 6) is -4.03. The highest BCUT2D eigenvalue weighted by Gasteiger charge is 2.15. The SMILES string of the molecule is C=CC(=O)OCCCCOc1ccc(C=CC(=O)Nc2c(F)cc(OC(=O)C=Cc3ccc(OCCCCOC(=O)C=C)cc3)cc2F)cc1. The van der Waals surface area contributed by atoms with Gasteiger partial charge in [0, 0.05) is 36.4 Å². The zero-order chi connectivity index (χ0) is 36.1. The second-order valence-corrected chi connectivity index (χ2v) is 10.3. The van der Waals surface area contributed by atoms with Gasteiger partial charge in [-0.25, -0.2) is 23.2 Å². The number of unbranched alkanes of at least 4 members (excludes halogenated alkanes) is 2. The predicted octanol–water partition coefficient (Wildman–Crippen LogP) is 7.01. The van der Waals surface area contributed by atoms with Crippen LogP contribution in [0.2, 0.25) is 0 Å². The van der Waals surface area contributed by atoms with Gasteiger partial charge < -0.3 is 29.0 Å². The number of nitrogens with one attached hydrogen (secondary N) is 1. The lowest BCUT2D eigenvalue weighted by Crippen LogP contribution is -2.12. The zero-order valence-electron chi connectivity index (χ0n) is 27.2. The van der Waals surface area contributed by atoms with Gasteiger partial charge in [0.1, 0.15) is 22.9 Å². The van der Waals surface area contributed by atoms with Gasteiger partial charge in [0.15, 0.2) is 11.6 Å². The van der Waals surface area contributed by atoms with E-state index in [1.54, 1.807) is 48.5 Å². The molecule has 10 nitrogen and oxygen atoms in total. The summed E-state index contributed by atoms with van der Waals surface area (Å²) >= 11 is 0. The Morgan fingerprint density at radius 1 is 0.600 bits per heavy atom. The van der Waals surface area contributed by atoms with E-state index in [4.69, 9.17) is 23.7 Å². The maximum absolute atomic E-state index is 14.7. The highest BCUT2D eigenvalue weighted by molar-refractivity contribution is 6.02. The fourth-order valence-electron chi connectivity index (χ4n) is 3.98. The molecule has 262 valence electrons. The molecule has 1 N–H and O–H groups in total. The first-order valence-electron chi connectivity index (χ1n) is 15.6. The van der Waals surface area contributed by atoms with Gasteiger partial charge in [-0.05, 0) is 73.2 Å². The fraction of sp³-hybridized carbons (Fsp3) is 0.211. The van der Waals surface area contributed by atoms with Crippen LogP contribution in [0.3, 0.4) is 0 Å². The number of carbonyl (C=O) groups is 4. The van der Waals surface area contributed by atoms with Gasteiger partial charge >= 0.3 is 17.9 Å². The molecule has 0 saturated heterocycles. The Bertz CT molecular complexity index is 1660. The van der Waals surface area contributed by atoms with Crippen molar-refractivity contribution in [2.24, 2.45) is 0 Å². The number of benzene rings is 3. The molecule has 3 aromatic carbocycles. The first kappa shape index (κ1) is 38.4. The molecule has 3 rings (SSSR count). The quantitative estimate of drug-likeness (QED) is 0.0577. The molecule has 0 bridgehead atoms. The Hall–Kier alpha value is -6.04. The second-order valence-electron chi connectivity index (χ2n) is 10.3. The summed E-state index contributed by atoms with van der Waals surface area (Å²) in [5.41, 5.74) is 0.592. The van der Waals surface area contributed by atoms with Crippen LogP contribution in [-0.4, -0.2) is 50.2 Å². The van der Waals surface area contributed by atoms with Crippen LogP contribution in [0, 0.1) is 11.6 Å². The lowest BCUT2D eigenvalue weighted by Gasteiger charge is -2.08. The van der Waals surface area contributed by atoms with Crippen molar-refractivity contribution in [1.29, 1.82) is 0 Å². The standard InChI is InChI=1S/C38H37F2NO9/c1-3-35(43)48-23-7-5-21-46-29-15-9-27(10-16-29)13-19-34(42)41-38-32(39)25-31(26-33(38)40)50-37(45)20-14-28-11-17-30(18-12-28)47-22-6-8-24-49-36(44)4-2/h3-4,9-20,25-26H,1-2,5-8,21-24H2,(H,41,42). The first-order chi connectivity index (χ1) is 24.2. The molecular formula is C38H37F2NO9. The maximum atomic E-state index is 14.7. The minimum Gasteiger partial charge on any atom is -0.494 e. The van der Waals surface area contributed by atoms with Crippen molar-refractivity contribution in [3.8, 4) is 17.2 Å². The number of halogens is 2.